The van der Waals surface area contributed by atoms with E-state index in [4.69, 9.17) is 14.2 Å². The molecule has 5 rings (SSSR count). The molecule has 7 heteroatoms. The number of hydrogen-bond acceptors (Lipinski definition) is 5. The lowest BCUT2D eigenvalue weighted by atomic mass is 10.0. The van der Waals surface area contributed by atoms with Gasteiger partial charge in [-0.25, -0.2) is 4.39 Å². The Labute approximate surface area is 215 Å². The van der Waals surface area contributed by atoms with Crippen LogP contribution in [0, 0.1) is 5.82 Å². The summed E-state index contributed by atoms with van der Waals surface area (Å²) >= 11 is 0. The van der Waals surface area contributed by atoms with Crippen molar-refractivity contribution in [2.75, 3.05) is 23.9 Å². The minimum atomic E-state index is -0.485. The van der Waals surface area contributed by atoms with E-state index in [0.717, 1.165) is 22.5 Å². The minimum absolute atomic E-state index is 0.112. The van der Waals surface area contributed by atoms with Gasteiger partial charge in [0.25, 0.3) is 5.91 Å². The Kier molecular flexibility index (Phi) is 6.94. The Bertz CT molecular complexity index is 1390. The average molecular weight is 499 g/mol. The molecule has 37 heavy (non-hydrogen) atoms. The number of nitrogens with zero attached hydrogens (tertiary/aromatic N) is 1. The fourth-order valence-corrected chi connectivity index (χ4v) is 4.32. The maximum atomic E-state index is 13.7. The highest BCUT2D eigenvalue weighted by atomic mass is 19.1. The molecule has 0 unspecified atom stereocenters. The van der Waals surface area contributed by atoms with Crippen LogP contribution in [0.15, 0.2) is 91.0 Å². The number of anilines is 2. The normalized spacial score (nSPS) is 14.5. The van der Waals surface area contributed by atoms with Gasteiger partial charge < -0.3 is 19.5 Å². The number of benzene rings is 4. The number of methoxy groups -OCH3 is 1. The monoisotopic (exact) mass is 498 g/mol. The lowest BCUT2D eigenvalue weighted by Crippen LogP contribution is -2.43. The van der Waals surface area contributed by atoms with Crippen LogP contribution in [0.2, 0.25) is 0 Å². The summed E-state index contributed by atoms with van der Waals surface area (Å²) in [6, 6.07) is 26.7. The van der Waals surface area contributed by atoms with Crippen molar-refractivity contribution in [3.8, 4) is 17.2 Å². The number of nitrogens with one attached hydrogen (secondary N) is 1. The zero-order chi connectivity index (χ0) is 25.8. The molecular weight excluding hydrogens is 471 g/mol. The van der Waals surface area contributed by atoms with E-state index < -0.39 is 6.17 Å². The molecule has 1 aliphatic heterocycles. The number of amides is 1. The van der Waals surface area contributed by atoms with E-state index in [9.17, 15) is 9.18 Å². The SMILES string of the molecule is CCOc1cc([C@@H]2Nc3ccccc3C(=O)N2c2ccc(OC)cc2)ccc1OCc1ccc(F)cc1. The van der Waals surface area contributed by atoms with E-state index in [1.165, 1.54) is 12.1 Å². The van der Waals surface area contributed by atoms with Gasteiger partial charge in [0, 0.05) is 11.4 Å². The van der Waals surface area contributed by atoms with E-state index in [2.05, 4.69) is 5.32 Å². The molecule has 0 saturated heterocycles. The van der Waals surface area contributed by atoms with Crippen molar-refractivity contribution in [3.05, 3.63) is 114 Å². The van der Waals surface area contributed by atoms with Crippen LogP contribution in [0.4, 0.5) is 15.8 Å². The number of halogens is 1. The van der Waals surface area contributed by atoms with Crippen molar-refractivity contribution in [1.29, 1.82) is 0 Å². The summed E-state index contributed by atoms with van der Waals surface area (Å²) in [6.45, 7) is 2.61. The van der Waals surface area contributed by atoms with E-state index >= 15 is 0 Å². The van der Waals surface area contributed by atoms with Gasteiger partial charge in [0.05, 0.1) is 19.3 Å². The van der Waals surface area contributed by atoms with Crippen LogP contribution in [0.3, 0.4) is 0 Å². The van der Waals surface area contributed by atoms with Crippen LogP contribution >= 0.6 is 0 Å². The highest BCUT2D eigenvalue weighted by molar-refractivity contribution is 6.12. The number of fused-ring (bicyclic) bond motifs is 1. The molecule has 1 N–H and O–H groups in total. The Hall–Kier alpha value is -4.52. The minimum Gasteiger partial charge on any atom is -0.497 e. The summed E-state index contributed by atoms with van der Waals surface area (Å²) < 4.78 is 30.5. The van der Waals surface area contributed by atoms with Gasteiger partial charge in [-0.1, -0.05) is 30.3 Å². The average Bonchev–Trinajstić information content (AvgIpc) is 2.93. The molecule has 0 saturated carbocycles. The predicted molar refractivity (Wildman–Crippen MR) is 141 cm³/mol. The second-order valence-electron chi connectivity index (χ2n) is 8.52. The van der Waals surface area contributed by atoms with Crippen molar-refractivity contribution in [2.24, 2.45) is 0 Å². The number of carbonyl (C=O) groups is 1. The standard InChI is InChI=1S/C30H27FN2O4/c1-3-36-28-18-21(10-17-27(28)37-19-20-8-11-22(31)12-9-20)29-32-26-7-5-4-6-25(26)30(34)33(29)23-13-15-24(35-2)16-14-23/h4-18,29,32H,3,19H2,1-2H3/t29-/m1/s1. The Morgan fingerprint density at radius 1 is 0.892 bits per heavy atom. The molecule has 0 fully saturated rings. The quantitative estimate of drug-likeness (QED) is 0.297. The van der Waals surface area contributed by atoms with Gasteiger partial charge in [0.1, 0.15) is 24.3 Å². The van der Waals surface area contributed by atoms with Crippen LogP contribution in [0.5, 0.6) is 17.2 Å². The fourth-order valence-electron chi connectivity index (χ4n) is 4.32. The topological polar surface area (TPSA) is 60.0 Å². The molecule has 188 valence electrons. The van der Waals surface area contributed by atoms with Gasteiger partial charge in [0.2, 0.25) is 0 Å². The summed E-state index contributed by atoms with van der Waals surface area (Å²) in [4.78, 5) is 15.4. The second-order valence-corrected chi connectivity index (χ2v) is 8.52. The van der Waals surface area contributed by atoms with Crippen molar-refractivity contribution >= 4 is 17.3 Å². The Morgan fingerprint density at radius 3 is 2.38 bits per heavy atom. The van der Waals surface area contributed by atoms with Gasteiger partial charge in [-0.15, -0.1) is 0 Å². The first-order valence-electron chi connectivity index (χ1n) is 12.0. The molecule has 4 aromatic carbocycles. The van der Waals surface area contributed by atoms with E-state index in [0.29, 0.717) is 29.4 Å². The predicted octanol–water partition coefficient (Wildman–Crippen LogP) is 6.58. The summed E-state index contributed by atoms with van der Waals surface area (Å²) in [5.74, 6) is 1.43. The number of ether oxygens (including phenoxy) is 3. The highest BCUT2D eigenvalue weighted by Gasteiger charge is 2.34. The van der Waals surface area contributed by atoms with Crippen LogP contribution in [-0.4, -0.2) is 19.6 Å². The van der Waals surface area contributed by atoms with Gasteiger partial charge in [0.15, 0.2) is 11.5 Å². The molecule has 0 bridgehead atoms. The molecule has 0 aromatic heterocycles. The summed E-state index contributed by atoms with van der Waals surface area (Å²) in [5.41, 5.74) is 3.76. The third kappa shape index (κ3) is 5.07. The lowest BCUT2D eigenvalue weighted by Gasteiger charge is -2.38. The highest BCUT2D eigenvalue weighted by Crippen LogP contribution is 2.40. The van der Waals surface area contributed by atoms with Crippen LogP contribution in [0.25, 0.3) is 0 Å². The van der Waals surface area contributed by atoms with Crippen molar-refractivity contribution < 1.29 is 23.4 Å². The molecular formula is C30H27FN2O4. The molecule has 0 spiro atoms. The zero-order valence-electron chi connectivity index (χ0n) is 20.6. The first-order chi connectivity index (χ1) is 18.1. The Balaban J connectivity index is 1.50. The molecule has 1 amide bonds. The van der Waals surface area contributed by atoms with E-state index in [1.54, 1.807) is 24.1 Å². The first-order valence-corrected chi connectivity index (χ1v) is 12.0. The molecule has 0 radical (unpaired) electrons. The fraction of sp³-hybridized carbons (Fsp3) is 0.167. The lowest BCUT2D eigenvalue weighted by molar-refractivity contribution is 0.0975. The molecule has 6 nitrogen and oxygen atoms in total. The largest absolute Gasteiger partial charge is 0.497 e. The molecule has 1 heterocycles. The van der Waals surface area contributed by atoms with Gasteiger partial charge in [-0.05, 0) is 78.7 Å². The number of rotatable bonds is 8. The maximum absolute atomic E-state index is 13.7. The second kappa shape index (κ2) is 10.6. The van der Waals surface area contributed by atoms with Crippen molar-refractivity contribution in [3.63, 3.8) is 0 Å². The number of carbonyl (C=O) groups excluding carboxylic acids is 1. The summed E-state index contributed by atoms with van der Waals surface area (Å²) in [7, 11) is 1.61. The zero-order valence-corrected chi connectivity index (χ0v) is 20.6. The third-order valence-corrected chi connectivity index (χ3v) is 6.17. The van der Waals surface area contributed by atoms with Crippen LogP contribution in [0.1, 0.15) is 34.6 Å². The maximum Gasteiger partial charge on any atom is 0.262 e. The van der Waals surface area contributed by atoms with Crippen LogP contribution < -0.4 is 24.4 Å². The van der Waals surface area contributed by atoms with Gasteiger partial charge in [-0.2, -0.15) is 0 Å². The number of hydrogen-bond donors (Lipinski definition) is 1. The summed E-state index contributed by atoms with van der Waals surface area (Å²) in [6.07, 6.45) is -0.485. The molecule has 4 aromatic rings. The smallest absolute Gasteiger partial charge is 0.262 e. The van der Waals surface area contributed by atoms with Gasteiger partial charge in [-0.3, -0.25) is 9.69 Å². The van der Waals surface area contributed by atoms with Crippen LogP contribution in [-0.2, 0) is 6.61 Å². The van der Waals surface area contributed by atoms with Gasteiger partial charge >= 0.3 is 0 Å². The number of para-hydroxylation sites is 1. The summed E-state index contributed by atoms with van der Waals surface area (Å²) in [5, 5.41) is 3.51. The van der Waals surface area contributed by atoms with Crippen molar-refractivity contribution in [2.45, 2.75) is 19.7 Å². The molecule has 1 atom stereocenters. The first kappa shape index (κ1) is 24.2. The molecule has 0 aliphatic carbocycles. The van der Waals surface area contributed by atoms with Crippen molar-refractivity contribution in [1.82, 2.24) is 0 Å². The Morgan fingerprint density at radius 2 is 1.65 bits per heavy atom. The van der Waals surface area contributed by atoms with E-state index in [-0.39, 0.29) is 18.3 Å². The van der Waals surface area contributed by atoms with E-state index in [1.807, 2.05) is 73.7 Å². The third-order valence-electron chi connectivity index (χ3n) is 6.17. The molecule has 1 aliphatic rings.